The molecule has 0 bridgehead atoms. The van der Waals surface area contributed by atoms with Crippen LogP contribution in [0.5, 0.6) is 5.75 Å². The second-order valence-electron chi connectivity index (χ2n) is 5.27. The van der Waals surface area contributed by atoms with Gasteiger partial charge in [-0.2, -0.15) is 0 Å². The molecule has 2 aromatic carbocycles. The predicted octanol–water partition coefficient (Wildman–Crippen LogP) is 3.80. The van der Waals surface area contributed by atoms with E-state index < -0.39 is 0 Å². The van der Waals surface area contributed by atoms with Crippen LogP contribution in [-0.2, 0) is 4.79 Å². The Bertz CT molecular complexity index is 659. The second-order valence-corrected chi connectivity index (χ2v) is 5.27. The lowest BCUT2D eigenvalue weighted by molar-refractivity contribution is -0.111. The van der Waals surface area contributed by atoms with Gasteiger partial charge in [0, 0.05) is 31.5 Å². The molecule has 0 unspecified atom stereocenters. The minimum Gasteiger partial charge on any atom is -0.494 e. The van der Waals surface area contributed by atoms with Gasteiger partial charge >= 0.3 is 0 Å². The molecule has 4 nitrogen and oxygen atoms in total. The third kappa shape index (κ3) is 5.18. The van der Waals surface area contributed by atoms with Gasteiger partial charge in [-0.05, 0) is 55.0 Å². The molecule has 0 aliphatic rings. The number of nitrogens with zero attached hydrogens (tertiary/aromatic N) is 1. The number of hydrogen-bond acceptors (Lipinski definition) is 3. The molecule has 0 aromatic heterocycles. The quantitative estimate of drug-likeness (QED) is 0.825. The Morgan fingerprint density at radius 1 is 1.09 bits per heavy atom. The van der Waals surface area contributed by atoms with Gasteiger partial charge in [0.15, 0.2) is 0 Å². The van der Waals surface area contributed by atoms with Crippen LogP contribution in [0.2, 0.25) is 0 Å². The second kappa shape index (κ2) is 8.03. The molecular formula is C19H22N2O2. The highest BCUT2D eigenvalue weighted by molar-refractivity contribution is 6.02. The summed E-state index contributed by atoms with van der Waals surface area (Å²) in [6.45, 7) is 2.59. The molecule has 0 fully saturated rings. The molecule has 0 saturated heterocycles. The van der Waals surface area contributed by atoms with Crippen molar-refractivity contribution in [3.63, 3.8) is 0 Å². The van der Waals surface area contributed by atoms with Crippen LogP contribution in [0.25, 0.3) is 6.08 Å². The van der Waals surface area contributed by atoms with Crippen molar-refractivity contribution in [2.45, 2.75) is 6.92 Å². The molecule has 1 amide bonds. The summed E-state index contributed by atoms with van der Waals surface area (Å²) < 4.78 is 5.39. The van der Waals surface area contributed by atoms with E-state index in [1.807, 2.05) is 74.4 Å². The number of amides is 1. The minimum absolute atomic E-state index is 0.156. The third-order valence-corrected chi connectivity index (χ3v) is 3.27. The van der Waals surface area contributed by atoms with Crippen LogP contribution in [-0.4, -0.2) is 26.6 Å². The number of anilines is 2. The number of carbonyl (C=O) groups excluding carboxylic acids is 1. The van der Waals surface area contributed by atoms with E-state index in [4.69, 9.17) is 4.74 Å². The van der Waals surface area contributed by atoms with Gasteiger partial charge in [0.25, 0.3) is 0 Å². The van der Waals surface area contributed by atoms with Crippen LogP contribution in [0.1, 0.15) is 12.5 Å². The molecule has 0 aliphatic heterocycles. The van der Waals surface area contributed by atoms with Crippen LogP contribution in [0.3, 0.4) is 0 Å². The van der Waals surface area contributed by atoms with Gasteiger partial charge in [-0.3, -0.25) is 4.79 Å². The molecule has 0 aliphatic carbocycles. The molecule has 2 rings (SSSR count). The maximum absolute atomic E-state index is 11.9. The van der Waals surface area contributed by atoms with E-state index in [0.717, 1.165) is 22.7 Å². The fraction of sp³-hybridized carbons (Fsp3) is 0.211. The molecule has 0 spiro atoms. The number of ether oxygens (including phenoxy) is 1. The topological polar surface area (TPSA) is 41.6 Å². The monoisotopic (exact) mass is 310 g/mol. The lowest BCUT2D eigenvalue weighted by Crippen LogP contribution is -2.10. The van der Waals surface area contributed by atoms with E-state index in [9.17, 15) is 4.79 Å². The molecule has 0 heterocycles. The van der Waals surface area contributed by atoms with Crippen molar-refractivity contribution in [2.24, 2.45) is 0 Å². The standard InChI is InChI=1S/C19H22N2O2/c1-4-23-18-12-5-15(6-13-18)7-14-19(22)20-16-8-10-17(11-9-16)21(2)3/h5-14H,4H2,1-3H3,(H,20,22)/b14-7+. The zero-order valence-corrected chi connectivity index (χ0v) is 13.7. The molecule has 2 aromatic rings. The highest BCUT2D eigenvalue weighted by Gasteiger charge is 1.99. The van der Waals surface area contributed by atoms with E-state index in [2.05, 4.69) is 5.32 Å². The Morgan fingerprint density at radius 2 is 1.74 bits per heavy atom. The van der Waals surface area contributed by atoms with Gasteiger partial charge in [0.05, 0.1) is 6.61 Å². The lowest BCUT2D eigenvalue weighted by atomic mass is 10.2. The SMILES string of the molecule is CCOc1ccc(/C=C/C(=O)Nc2ccc(N(C)C)cc2)cc1. The Morgan fingerprint density at radius 3 is 2.30 bits per heavy atom. The number of rotatable bonds is 6. The summed E-state index contributed by atoms with van der Waals surface area (Å²) in [4.78, 5) is 14.0. The summed E-state index contributed by atoms with van der Waals surface area (Å²) in [5.41, 5.74) is 2.82. The fourth-order valence-corrected chi connectivity index (χ4v) is 2.04. The summed E-state index contributed by atoms with van der Waals surface area (Å²) >= 11 is 0. The average molecular weight is 310 g/mol. The Balaban J connectivity index is 1.93. The number of hydrogen-bond donors (Lipinski definition) is 1. The van der Waals surface area contributed by atoms with Gasteiger partial charge in [-0.15, -0.1) is 0 Å². The van der Waals surface area contributed by atoms with Crippen LogP contribution >= 0.6 is 0 Å². The Kier molecular flexibility index (Phi) is 5.80. The summed E-state index contributed by atoms with van der Waals surface area (Å²) in [6.07, 6.45) is 3.30. The first-order chi connectivity index (χ1) is 11.1. The molecular weight excluding hydrogens is 288 g/mol. The van der Waals surface area contributed by atoms with E-state index in [1.165, 1.54) is 6.08 Å². The van der Waals surface area contributed by atoms with Crippen LogP contribution in [0, 0.1) is 0 Å². The molecule has 0 saturated carbocycles. The Labute approximate surface area is 137 Å². The third-order valence-electron chi connectivity index (χ3n) is 3.27. The van der Waals surface area contributed by atoms with Gasteiger partial charge in [0.1, 0.15) is 5.75 Å². The highest BCUT2D eigenvalue weighted by atomic mass is 16.5. The fourth-order valence-electron chi connectivity index (χ4n) is 2.04. The van der Waals surface area contributed by atoms with E-state index >= 15 is 0 Å². The molecule has 1 N–H and O–H groups in total. The van der Waals surface area contributed by atoms with E-state index in [-0.39, 0.29) is 5.91 Å². The number of carbonyl (C=O) groups is 1. The van der Waals surface area contributed by atoms with Gasteiger partial charge in [-0.25, -0.2) is 0 Å². The van der Waals surface area contributed by atoms with Crippen molar-refractivity contribution in [3.05, 3.63) is 60.2 Å². The van der Waals surface area contributed by atoms with E-state index in [0.29, 0.717) is 6.61 Å². The maximum atomic E-state index is 11.9. The zero-order valence-electron chi connectivity index (χ0n) is 13.7. The first kappa shape index (κ1) is 16.6. The lowest BCUT2D eigenvalue weighted by Gasteiger charge is -2.12. The minimum atomic E-state index is -0.156. The molecule has 23 heavy (non-hydrogen) atoms. The van der Waals surface area contributed by atoms with Gasteiger partial charge < -0.3 is 15.0 Å². The number of benzene rings is 2. The van der Waals surface area contributed by atoms with E-state index in [1.54, 1.807) is 6.08 Å². The first-order valence-corrected chi connectivity index (χ1v) is 7.58. The molecule has 0 radical (unpaired) electrons. The van der Waals surface area contributed by atoms with Crippen LogP contribution in [0.4, 0.5) is 11.4 Å². The Hall–Kier alpha value is -2.75. The normalized spacial score (nSPS) is 10.6. The van der Waals surface area contributed by atoms with Crippen LogP contribution < -0.4 is 15.0 Å². The highest BCUT2D eigenvalue weighted by Crippen LogP contribution is 2.16. The van der Waals surface area contributed by atoms with Crippen molar-refractivity contribution in [1.29, 1.82) is 0 Å². The summed E-state index contributed by atoms with van der Waals surface area (Å²) in [7, 11) is 3.96. The maximum Gasteiger partial charge on any atom is 0.248 e. The smallest absolute Gasteiger partial charge is 0.248 e. The van der Waals surface area contributed by atoms with Crippen molar-refractivity contribution in [3.8, 4) is 5.75 Å². The van der Waals surface area contributed by atoms with Crippen LogP contribution in [0.15, 0.2) is 54.6 Å². The predicted molar refractivity (Wildman–Crippen MR) is 96.0 cm³/mol. The molecule has 4 heteroatoms. The summed E-state index contributed by atoms with van der Waals surface area (Å²) in [6, 6.07) is 15.3. The van der Waals surface area contributed by atoms with Crippen molar-refractivity contribution >= 4 is 23.4 Å². The average Bonchev–Trinajstić information content (AvgIpc) is 2.55. The zero-order chi connectivity index (χ0) is 16.7. The van der Waals surface area contributed by atoms with Gasteiger partial charge in [-0.1, -0.05) is 12.1 Å². The van der Waals surface area contributed by atoms with Gasteiger partial charge in [0.2, 0.25) is 5.91 Å². The van der Waals surface area contributed by atoms with Crippen molar-refractivity contribution < 1.29 is 9.53 Å². The molecule has 0 atom stereocenters. The first-order valence-electron chi connectivity index (χ1n) is 7.58. The van der Waals surface area contributed by atoms with Crippen molar-refractivity contribution in [2.75, 3.05) is 30.9 Å². The summed E-state index contributed by atoms with van der Waals surface area (Å²) in [5.74, 6) is 0.673. The van der Waals surface area contributed by atoms with Crippen molar-refractivity contribution in [1.82, 2.24) is 0 Å². The molecule has 120 valence electrons. The summed E-state index contributed by atoms with van der Waals surface area (Å²) in [5, 5.41) is 2.84. The largest absolute Gasteiger partial charge is 0.494 e. The number of nitrogens with one attached hydrogen (secondary N) is 1.